The van der Waals surface area contributed by atoms with E-state index >= 15 is 0 Å². The monoisotopic (exact) mass is 462 g/mol. The SMILES string of the molecule is COc1cc(-n2cccc2)c(Cl)cc1C(=O)Nc1cc2c(cc1Br)OCCO2. The van der Waals surface area contributed by atoms with Gasteiger partial charge in [-0.3, -0.25) is 4.79 Å². The predicted octanol–water partition coefficient (Wildman–Crippen LogP) is 4.93. The van der Waals surface area contributed by atoms with Gasteiger partial charge in [-0.25, -0.2) is 0 Å². The first-order valence-corrected chi connectivity index (χ1v) is 9.65. The van der Waals surface area contributed by atoms with Crippen molar-refractivity contribution in [1.82, 2.24) is 4.57 Å². The van der Waals surface area contributed by atoms with Gasteiger partial charge in [-0.1, -0.05) is 11.6 Å². The third kappa shape index (κ3) is 3.55. The molecule has 0 spiro atoms. The summed E-state index contributed by atoms with van der Waals surface area (Å²) in [6.45, 7) is 0.959. The minimum absolute atomic E-state index is 0.324. The molecule has 1 aliphatic heterocycles. The number of amides is 1. The van der Waals surface area contributed by atoms with E-state index in [0.29, 0.717) is 51.2 Å². The molecule has 144 valence electrons. The van der Waals surface area contributed by atoms with Crippen LogP contribution < -0.4 is 19.5 Å². The number of anilines is 1. The Morgan fingerprint density at radius 1 is 1.14 bits per heavy atom. The molecule has 0 saturated carbocycles. The van der Waals surface area contributed by atoms with Gasteiger partial charge < -0.3 is 24.1 Å². The maximum atomic E-state index is 12.9. The van der Waals surface area contributed by atoms with Gasteiger partial charge in [-0.05, 0) is 34.1 Å². The molecule has 0 bridgehead atoms. The molecule has 1 aromatic heterocycles. The van der Waals surface area contributed by atoms with Crippen LogP contribution in [0.3, 0.4) is 0 Å². The third-order valence-corrected chi connectivity index (χ3v) is 5.24. The largest absolute Gasteiger partial charge is 0.496 e. The summed E-state index contributed by atoms with van der Waals surface area (Å²) >= 11 is 9.87. The topological polar surface area (TPSA) is 61.7 Å². The molecule has 0 atom stereocenters. The zero-order chi connectivity index (χ0) is 19.7. The van der Waals surface area contributed by atoms with Crippen molar-refractivity contribution in [2.24, 2.45) is 0 Å². The van der Waals surface area contributed by atoms with Crippen LogP contribution in [0.25, 0.3) is 5.69 Å². The molecule has 28 heavy (non-hydrogen) atoms. The zero-order valence-electron chi connectivity index (χ0n) is 14.9. The normalized spacial score (nSPS) is 12.5. The van der Waals surface area contributed by atoms with Gasteiger partial charge in [-0.2, -0.15) is 0 Å². The second kappa shape index (κ2) is 7.77. The fraction of sp³-hybridized carbons (Fsp3) is 0.150. The molecule has 1 aliphatic rings. The maximum Gasteiger partial charge on any atom is 0.259 e. The van der Waals surface area contributed by atoms with Crippen LogP contribution in [0.4, 0.5) is 5.69 Å². The number of halogens is 2. The maximum absolute atomic E-state index is 12.9. The van der Waals surface area contributed by atoms with Crippen LogP contribution in [0.15, 0.2) is 53.3 Å². The Kier molecular flexibility index (Phi) is 5.19. The molecule has 0 radical (unpaired) electrons. The van der Waals surface area contributed by atoms with Gasteiger partial charge in [0.15, 0.2) is 11.5 Å². The summed E-state index contributed by atoms with van der Waals surface area (Å²) in [5.41, 5.74) is 1.60. The lowest BCUT2D eigenvalue weighted by Crippen LogP contribution is -2.17. The summed E-state index contributed by atoms with van der Waals surface area (Å²) in [5, 5.41) is 3.30. The number of fused-ring (bicyclic) bond motifs is 1. The minimum Gasteiger partial charge on any atom is -0.496 e. The highest BCUT2D eigenvalue weighted by atomic mass is 79.9. The van der Waals surface area contributed by atoms with E-state index in [0.717, 1.165) is 5.69 Å². The lowest BCUT2D eigenvalue weighted by atomic mass is 10.1. The molecular weight excluding hydrogens is 448 g/mol. The van der Waals surface area contributed by atoms with E-state index in [1.54, 1.807) is 24.3 Å². The van der Waals surface area contributed by atoms with Gasteiger partial charge in [0.25, 0.3) is 5.91 Å². The van der Waals surface area contributed by atoms with E-state index in [4.69, 9.17) is 25.8 Å². The number of rotatable bonds is 4. The zero-order valence-corrected chi connectivity index (χ0v) is 17.2. The summed E-state index contributed by atoms with van der Waals surface area (Å²) in [7, 11) is 1.51. The van der Waals surface area contributed by atoms with Crippen LogP contribution in [0.5, 0.6) is 17.2 Å². The van der Waals surface area contributed by atoms with E-state index in [9.17, 15) is 4.79 Å². The van der Waals surface area contributed by atoms with Gasteiger partial charge in [0.05, 0.1) is 29.1 Å². The van der Waals surface area contributed by atoms with Gasteiger partial charge in [-0.15, -0.1) is 0 Å². The van der Waals surface area contributed by atoms with Crippen LogP contribution in [0, 0.1) is 0 Å². The van der Waals surface area contributed by atoms with Crippen LogP contribution >= 0.6 is 27.5 Å². The van der Waals surface area contributed by atoms with E-state index in [2.05, 4.69) is 21.2 Å². The molecule has 0 unspecified atom stereocenters. The Bertz CT molecular complexity index is 1040. The van der Waals surface area contributed by atoms with Gasteiger partial charge in [0.2, 0.25) is 0 Å². The van der Waals surface area contributed by atoms with Crippen LogP contribution in [0.1, 0.15) is 10.4 Å². The van der Waals surface area contributed by atoms with Crippen molar-refractivity contribution >= 4 is 39.1 Å². The Morgan fingerprint density at radius 3 is 2.50 bits per heavy atom. The standard InChI is InChI=1S/C20H16BrClN2O4/c1-26-17-11-16(24-4-2-3-5-24)14(22)8-12(17)20(25)23-15-10-19-18(9-13(15)21)27-6-7-28-19/h2-5,8-11H,6-7H2,1H3,(H,23,25). The Labute approximate surface area is 175 Å². The minimum atomic E-state index is -0.352. The number of benzene rings is 2. The first-order chi connectivity index (χ1) is 13.6. The van der Waals surface area contributed by atoms with Crippen molar-refractivity contribution < 1.29 is 19.0 Å². The average molecular weight is 464 g/mol. The molecule has 4 rings (SSSR count). The molecule has 3 aromatic rings. The Morgan fingerprint density at radius 2 is 1.82 bits per heavy atom. The molecular formula is C20H16BrClN2O4. The Hall–Kier alpha value is -2.64. The van der Waals surface area contributed by atoms with Gasteiger partial charge in [0, 0.05) is 35.1 Å². The molecule has 8 heteroatoms. The number of hydrogen-bond donors (Lipinski definition) is 1. The Balaban J connectivity index is 1.66. The molecule has 2 aromatic carbocycles. The summed E-state index contributed by atoms with van der Waals surface area (Å²) in [6, 6.07) is 10.6. The number of aromatic nitrogens is 1. The van der Waals surface area contributed by atoms with E-state index in [1.807, 2.05) is 29.1 Å². The molecule has 0 fully saturated rings. The first kappa shape index (κ1) is 18.7. The highest BCUT2D eigenvalue weighted by Crippen LogP contribution is 2.39. The molecule has 1 N–H and O–H groups in total. The lowest BCUT2D eigenvalue weighted by molar-refractivity contribution is 0.102. The van der Waals surface area contributed by atoms with E-state index in [-0.39, 0.29) is 5.91 Å². The fourth-order valence-electron chi connectivity index (χ4n) is 2.93. The summed E-state index contributed by atoms with van der Waals surface area (Å²) < 4.78 is 19.1. The van der Waals surface area contributed by atoms with Gasteiger partial charge >= 0.3 is 0 Å². The number of carbonyl (C=O) groups excluding carboxylic acids is 1. The number of nitrogens with one attached hydrogen (secondary N) is 1. The second-order valence-corrected chi connectivity index (χ2v) is 7.29. The number of carbonyl (C=O) groups is 1. The number of ether oxygens (including phenoxy) is 3. The summed E-state index contributed by atoms with van der Waals surface area (Å²) in [4.78, 5) is 12.9. The molecule has 6 nitrogen and oxygen atoms in total. The lowest BCUT2D eigenvalue weighted by Gasteiger charge is -2.20. The van der Waals surface area contributed by atoms with Crippen molar-refractivity contribution in [2.75, 3.05) is 25.6 Å². The number of methoxy groups -OCH3 is 1. The smallest absolute Gasteiger partial charge is 0.259 e. The van der Waals surface area contributed by atoms with Crippen molar-refractivity contribution in [3.8, 4) is 22.9 Å². The summed E-state index contributed by atoms with van der Waals surface area (Å²) in [5.74, 6) is 1.28. The van der Waals surface area contributed by atoms with Crippen molar-refractivity contribution in [1.29, 1.82) is 0 Å². The van der Waals surface area contributed by atoms with Crippen molar-refractivity contribution in [2.45, 2.75) is 0 Å². The van der Waals surface area contributed by atoms with E-state index < -0.39 is 0 Å². The van der Waals surface area contributed by atoms with Crippen molar-refractivity contribution in [3.05, 3.63) is 63.9 Å². The second-order valence-electron chi connectivity index (χ2n) is 6.02. The van der Waals surface area contributed by atoms with E-state index in [1.165, 1.54) is 7.11 Å². The van der Waals surface area contributed by atoms with Crippen molar-refractivity contribution in [3.63, 3.8) is 0 Å². The first-order valence-electron chi connectivity index (χ1n) is 8.48. The van der Waals surface area contributed by atoms with Crippen LogP contribution in [-0.2, 0) is 0 Å². The molecule has 1 amide bonds. The van der Waals surface area contributed by atoms with Crippen LogP contribution in [0.2, 0.25) is 5.02 Å². The number of hydrogen-bond acceptors (Lipinski definition) is 4. The molecule has 0 aliphatic carbocycles. The third-order valence-electron chi connectivity index (χ3n) is 4.28. The molecule has 0 saturated heterocycles. The average Bonchev–Trinajstić information content (AvgIpc) is 3.22. The highest BCUT2D eigenvalue weighted by Gasteiger charge is 2.20. The highest BCUT2D eigenvalue weighted by molar-refractivity contribution is 9.10. The quantitative estimate of drug-likeness (QED) is 0.596. The molecule has 2 heterocycles. The predicted molar refractivity (Wildman–Crippen MR) is 110 cm³/mol. The van der Waals surface area contributed by atoms with Gasteiger partial charge in [0.1, 0.15) is 19.0 Å². The number of nitrogens with zero attached hydrogens (tertiary/aromatic N) is 1. The van der Waals surface area contributed by atoms with Crippen LogP contribution in [-0.4, -0.2) is 30.8 Å². The fourth-order valence-corrected chi connectivity index (χ4v) is 3.61. The summed E-state index contributed by atoms with van der Waals surface area (Å²) in [6.07, 6.45) is 3.74.